The smallest absolute Gasteiger partial charge is 0.319 e. The maximum Gasteiger partial charge on any atom is 0.319 e. The minimum absolute atomic E-state index is 0.0456. The van der Waals surface area contributed by atoms with Crippen LogP contribution in [0.2, 0.25) is 0 Å². The molecule has 29 heavy (non-hydrogen) atoms. The largest absolute Gasteiger partial charge is 0.497 e. The predicted molar refractivity (Wildman–Crippen MR) is 109 cm³/mol. The molecule has 3 aromatic rings. The third kappa shape index (κ3) is 6.38. The van der Waals surface area contributed by atoms with Crippen LogP contribution in [0.1, 0.15) is 23.0 Å². The average molecular weight is 396 g/mol. The van der Waals surface area contributed by atoms with Gasteiger partial charge in [0.2, 0.25) is 0 Å². The average Bonchev–Trinajstić information content (AvgIpc) is 3.28. The van der Waals surface area contributed by atoms with E-state index in [1.54, 1.807) is 25.3 Å². The Morgan fingerprint density at radius 2 is 1.86 bits per heavy atom. The van der Waals surface area contributed by atoms with Crippen molar-refractivity contribution in [2.75, 3.05) is 19.0 Å². The highest BCUT2D eigenvalue weighted by atomic mass is 16.5. The number of carbonyl (C=O) groups excluding carboxylic acids is 1. The van der Waals surface area contributed by atoms with Crippen molar-refractivity contribution in [2.45, 2.75) is 19.3 Å². The van der Waals surface area contributed by atoms with Gasteiger partial charge >= 0.3 is 6.03 Å². The summed E-state index contributed by atoms with van der Waals surface area (Å²) in [6, 6.07) is 18.0. The normalized spacial score (nSPS) is 11.7. The van der Waals surface area contributed by atoms with Gasteiger partial charge in [0.25, 0.3) is 0 Å². The molecule has 1 atom stereocenters. The molecule has 0 fully saturated rings. The number of anilines is 1. The fraction of sp³-hybridized carbons (Fsp3) is 0.227. The molecule has 0 spiro atoms. The van der Waals surface area contributed by atoms with Crippen LogP contribution >= 0.6 is 0 Å². The van der Waals surface area contributed by atoms with Crippen molar-refractivity contribution in [1.82, 2.24) is 5.32 Å². The molecule has 152 valence electrons. The van der Waals surface area contributed by atoms with Crippen molar-refractivity contribution in [3.63, 3.8) is 0 Å². The maximum absolute atomic E-state index is 12.0. The molecule has 0 radical (unpaired) electrons. The molecule has 1 aromatic heterocycles. The zero-order valence-electron chi connectivity index (χ0n) is 16.1. The first-order chi connectivity index (χ1) is 14.1. The summed E-state index contributed by atoms with van der Waals surface area (Å²) >= 11 is 0. The molecule has 0 bridgehead atoms. The van der Waals surface area contributed by atoms with E-state index in [0.29, 0.717) is 24.7 Å². The van der Waals surface area contributed by atoms with Crippen molar-refractivity contribution in [1.29, 1.82) is 0 Å². The summed E-state index contributed by atoms with van der Waals surface area (Å²) in [5.41, 5.74) is 2.63. The van der Waals surface area contributed by atoms with Gasteiger partial charge in [0.15, 0.2) is 0 Å². The van der Waals surface area contributed by atoms with Crippen molar-refractivity contribution in [3.05, 3.63) is 83.8 Å². The van der Waals surface area contributed by atoms with E-state index >= 15 is 0 Å². The zero-order chi connectivity index (χ0) is 20.5. The van der Waals surface area contributed by atoms with Gasteiger partial charge in [-0.2, -0.15) is 0 Å². The number of aliphatic hydroxyl groups excluding tert-OH is 1. The highest BCUT2D eigenvalue weighted by Gasteiger charge is 2.12. The van der Waals surface area contributed by atoms with E-state index in [1.165, 1.54) is 6.26 Å². The van der Waals surface area contributed by atoms with Gasteiger partial charge in [-0.1, -0.05) is 24.3 Å². The van der Waals surface area contributed by atoms with Crippen LogP contribution in [-0.4, -0.2) is 24.8 Å². The standard InChI is InChI=1S/C22H24N2O5/c1-27-19-9-7-16(8-10-19)14-28-15-17-4-2-5-18(12-17)24-22(26)23-13-20(25)21-6-3-11-29-21/h2-12,20,25H,13-15H2,1H3,(H2,23,24,26). The Morgan fingerprint density at radius 3 is 2.59 bits per heavy atom. The van der Waals surface area contributed by atoms with Crippen LogP contribution in [0.3, 0.4) is 0 Å². The number of hydrogen-bond donors (Lipinski definition) is 3. The van der Waals surface area contributed by atoms with E-state index in [4.69, 9.17) is 13.9 Å². The van der Waals surface area contributed by atoms with Gasteiger partial charge in [-0.3, -0.25) is 0 Å². The van der Waals surface area contributed by atoms with Crippen LogP contribution in [0.5, 0.6) is 5.75 Å². The van der Waals surface area contributed by atoms with Crippen molar-refractivity contribution < 1.29 is 23.8 Å². The SMILES string of the molecule is COc1ccc(COCc2cccc(NC(=O)NCC(O)c3ccco3)c2)cc1. The van der Waals surface area contributed by atoms with Crippen molar-refractivity contribution in [2.24, 2.45) is 0 Å². The van der Waals surface area contributed by atoms with Crippen LogP contribution in [0, 0.1) is 0 Å². The number of methoxy groups -OCH3 is 1. The zero-order valence-corrected chi connectivity index (χ0v) is 16.1. The van der Waals surface area contributed by atoms with E-state index in [9.17, 15) is 9.90 Å². The first kappa shape index (κ1) is 20.4. The summed E-state index contributed by atoms with van der Waals surface area (Å²) in [5, 5.41) is 15.3. The van der Waals surface area contributed by atoms with Gasteiger partial charge in [0.1, 0.15) is 17.6 Å². The van der Waals surface area contributed by atoms with Gasteiger partial charge in [-0.05, 0) is 47.5 Å². The lowest BCUT2D eigenvalue weighted by molar-refractivity contribution is 0.107. The number of aliphatic hydroxyl groups is 1. The number of hydrogen-bond acceptors (Lipinski definition) is 5. The third-order valence-corrected chi connectivity index (χ3v) is 4.21. The first-order valence-electron chi connectivity index (χ1n) is 9.20. The lowest BCUT2D eigenvalue weighted by Crippen LogP contribution is -2.32. The molecule has 0 aliphatic rings. The Hall–Kier alpha value is -3.29. The molecule has 2 aromatic carbocycles. The van der Waals surface area contributed by atoms with Gasteiger partial charge < -0.3 is 29.6 Å². The predicted octanol–water partition coefficient (Wildman–Crippen LogP) is 3.86. The molecule has 7 heteroatoms. The summed E-state index contributed by atoms with van der Waals surface area (Å²) in [7, 11) is 1.63. The van der Waals surface area contributed by atoms with Gasteiger partial charge in [0, 0.05) is 5.69 Å². The molecular weight excluding hydrogens is 372 g/mol. The van der Waals surface area contributed by atoms with Crippen molar-refractivity contribution in [3.8, 4) is 5.75 Å². The molecule has 0 saturated heterocycles. The monoisotopic (exact) mass is 396 g/mol. The summed E-state index contributed by atoms with van der Waals surface area (Å²) < 4.78 is 16.0. The Balaban J connectivity index is 1.44. The number of ether oxygens (including phenoxy) is 2. The number of rotatable bonds is 9. The number of furan rings is 1. The topological polar surface area (TPSA) is 93.0 Å². The van der Waals surface area contributed by atoms with Crippen LogP contribution in [0.25, 0.3) is 0 Å². The van der Waals surface area contributed by atoms with E-state index < -0.39 is 12.1 Å². The molecule has 1 unspecified atom stereocenters. The van der Waals surface area contributed by atoms with E-state index in [-0.39, 0.29) is 6.54 Å². The number of carbonyl (C=O) groups is 1. The van der Waals surface area contributed by atoms with Crippen LogP contribution in [-0.2, 0) is 18.0 Å². The van der Waals surface area contributed by atoms with E-state index in [1.807, 2.05) is 42.5 Å². The molecule has 0 aliphatic heterocycles. The second kappa shape index (κ2) is 10.3. The van der Waals surface area contributed by atoms with Gasteiger partial charge in [-0.15, -0.1) is 0 Å². The van der Waals surface area contributed by atoms with Crippen molar-refractivity contribution >= 4 is 11.7 Å². The Labute approximate surface area is 169 Å². The summed E-state index contributed by atoms with van der Waals surface area (Å²) in [6.07, 6.45) is 0.578. The van der Waals surface area contributed by atoms with E-state index in [0.717, 1.165) is 16.9 Å². The second-order valence-corrected chi connectivity index (χ2v) is 6.41. The van der Waals surface area contributed by atoms with E-state index in [2.05, 4.69) is 10.6 Å². The van der Waals surface area contributed by atoms with Gasteiger partial charge in [0.05, 0.1) is 33.1 Å². The van der Waals surface area contributed by atoms with Crippen LogP contribution in [0.4, 0.5) is 10.5 Å². The highest BCUT2D eigenvalue weighted by molar-refractivity contribution is 5.89. The molecular formula is C22H24N2O5. The summed E-state index contributed by atoms with van der Waals surface area (Å²) in [5.74, 6) is 1.21. The third-order valence-electron chi connectivity index (χ3n) is 4.21. The first-order valence-corrected chi connectivity index (χ1v) is 9.20. The molecule has 7 nitrogen and oxygen atoms in total. The quantitative estimate of drug-likeness (QED) is 0.511. The fourth-order valence-corrected chi connectivity index (χ4v) is 2.69. The maximum atomic E-state index is 12.0. The summed E-state index contributed by atoms with van der Waals surface area (Å²) in [6.45, 7) is 0.942. The Bertz CT molecular complexity index is 894. The molecule has 3 rings (SSSR count). The second-order valence-electron chi connectivity index (χ2n) is 6.41. The Kier molecular flexibility index (Phi) is 7.27. The Morgan fingerprint density at radius 1 is 1.07 bits per heavy atom. The molecule has 0 aliphatic carbocycles. The lowest BCUT2D eigenvalue weighted by atomic mass is 10.2. The fourth-order valence-electron chi connectivity index (χ4n) is 2.69. The lowest BCUT2D eigenvalue weighted by Gasteiger charge is -2.12. The molecule has 2 amide bonds. The van der Waals surface area contributed by atoms with Crippen LogP contribution in [0.15, 0.2) is 71.3 Å². The number of urea groups is 1. The molecule has 1 heterocycles. The number of amides is 2. The summed E-state index contributed by atoms with van der Waals surface area (Å²) in [4.78, 5) is 12.0. The number of nitrogens with one attached hydrogen (secondary N) is 2. The molecule has 3 N–H and O–H groups in total. The minimum Gasteiger partial charge on any atom is -0.497 e. The highest BCUT2D eigenvalue weighted by Crippen LogP contribution is 2.15. The van der Waals surface area contributed by atoms with Gasteiger partial charge in [-0.25, -0.2) is 4.79 Å². The number of benzene rings is 2. The van der Waals surface area contributed by atoms with Crippen LogP contribution < -0.4 is 15.4 Å². The minimum atomic E-state index is -0.895. The molecule has 0 saturated carbocycles.